The van der Waals surface area contributed by atoms with E-state index in [2.05, 4.69) is 55.7 Å². The number of phenols is 2. The first-order valence-electron chi connectivity index (χ1n) is 16.9. The molecule has 0 radical (unpaired) electrons. The lowest BCUT2D eigenvalue weighted by Gasteiger charge is -2.28. The fraction of sp³-hybridized carbons (Fsp3) is 0.622. The zero-order valence-corrected chi connectivity index (χ0v) is 27.1. The minimum absolute atomic E-state index is 0.0206. The molecule has 2 aromatic rings. The lowest BCUT2D eigenvalue weighted by molar-refractivity contribution is 0.218. The lowest BCUT2D eigenvalue weighted by atomic mass is 9.84. The molecule has 43 heavy (non-hydrogen) atoms. The van der Waals surface area contributed by atoms with Gasteiger partial charge in [0.2, 0.25) is 0 Å². The maximum Gasteiger partial charge on any atom is 0.128 e. The van der Waals surface area contributed by atoms with Crippen LogP contribution >= 0.6 is 0 Å². The Balaban J connectivity index is 1.35. The number of aryl methyl sites for hydroxylation is 1. The van der Waals surface area contributed by atoms with E-state index in [1.165, 1.54) is 44.1 Å². The summed E-state index contributed by atoms with van der Waals surface area (Å²) in [6, 6.07) is 8.60. The topological polar surface area (TPSA) is 71.7 Å². The van der Waals surface area contributed by atoms with Gasteiger partial charge < -0.3 is 10.2 Å². The van der Waals surface area contributed by atoms with Crippen molar-refractivity contribution in [3.63, 3.8) is 0 Å². The molecule has 2 N–H and O–H groups in total. The molecule has 0 unspecified atom stereocenters. The number of phenolic OH excluding ortho intramolecular Hbond substituents is 2. The number of benzene rings is 2. The Morgan fingerprint density at radius 1 is 0.674 bits per heavy atom. The molecular formula is C37H54N4O2. The Bertz CT molecular complexity index is 1280. The van der Waals surface area contributed by atoms with E-state index in [-0.39, 0.29) is 17.5 Å². The van der Waals surface area contributed by atoms with Gasteiger partial charge in [0.05, 0.1) is 12.1 Å². The second-order valence-corrected chi connectivity index (χ2v) is 14.3. The van der Waals surface area contributed by atoms with Gasteiger partial charge in [0.25, 0.3) is 0 Å². The van der Waals surface area contributed by atoms with Crippen molar-refractivity contribution in [1.29, 1.82) is 0 Å². The Labute approximate surface area is 259 Å². The second-order valence-electron chi connectivity index (χ2n) is 14.3. The molecule has 2 aliphatic heterocycles. The van der Waals surface area contributed by atoms with E-state index >= 15 is 0 Å². The molecule has 0 aromatic heterocycles. The molecule has 3 fully saturated rings. The molecule has 5 rings (SSSR count). The molecule has 2 aromatic carbocycles. The van der Waals surface area contributed by atoms with Crippen LogP contribution in [0.25, 0.3) is 0 Å². The van der Waals surface area contributed by atoms with Gasteiger partial charge in [0, 0.05) is 47.8 Å². The van der Waals surface area contributed by atoms with E-state index in [0.717, 1.165) is 92.8 Å². The van der Waals surface area contributed by atoms with Gasteiger partial charge in [-0.2, -0.15) is 0 Å². The van der Waals surface area contributed by atoms with Crippen molar-refractivity contribution in [2.75, 3.05) is 26.2 Å². The van der Waals surface area contributed by atoms with E-state index in [9.17, 15) is 10.2 Å². The van der Waals surface area contributed by atoms with Gasteiger partial charge in [0.15, 0.2) is 0 Å². The van der Waals surface area contributed by atoms with Crippen LogP contribution in [0.2, 0.25) is 0 Å². The molecule has 0 bridgehead atoms. The summed E-state index contributed by atoms with van der Waals surface area (Å²) in [7, 11) is 0. The van der Waals surface area contributed by atoms with Gasteiger partial charge in [-0.1, -0.05) is 58.6 Å². The maximum absolute atomic E-state index is 11.4. The normalized spacial score (nSPS) is 23.0. The van der Waals surface area contributed by atoms with Crippen molar-refractivity contribution in [3.8, 4) is 11.5 Å². The summed E-state index contributed by atoms with van der Waals surface area (Å²) in [5.74, 6) is 0.727. The Morgan fingerprint density at radius 3 is 1.63 bits per heavy atom. The van der Waals surface area contributed by atoms with Crippen molar-refractivity contribution in [2.24, 2.45) is 9.98 Å². The first-order chi connectivity index (χ1) is 20.7. The first-order valence-corrected chi connectivity index (χ1v) is 16.9. The second kappa shape index (κ2) is 14.4. The number of rotatable bonds is 8. The van der Waals surface area contributed by atoms with Gasteiger partial charge in [-0.15, -0.1) is 0 Å². The average molecular weight is 587 g/mol. The molecule has 3 aliphatic rings. The molecule has 1 aliphatic carbocycles. The third-order valence-corrected chi connectivity index (χ3v) is 9.64. The summed E-state index contributed by atoms with van der Waals surface area (Å²) >= 11 is 0. The molecular weight excluding hydrogens is 532 g/mol. The summed E-state index contributed by atoms with van der Waals surface area (Å²) in [5.41, 5.74) is 5.98. The zero-order chi connectivity index (χ0) is 30.4. The number of aromatic hydroxyl groups is 2. The molecule has 1 saturated carbocycles. The van der Waals surface area contributed by atoms with Crippen LogP contribution in [0.15, 0.2) is 34.3 Å². The maximum atomic E-state index is 11.4. The zero-order valence-electron chi connectivity index (χ0n) is 27.1. The summed E-state index contributed by atoms with van der Waals surface area (Å²) in [6.07, 6.45) is 15.6. The van der Waals surface area contributed by atoms with Crippen LogP contribution in [0.1, 0.15) is 118 Å². The molecule has 2 heterocycles. The fourth-order valence-corrected chi connectivity index (χ4v) is 6.98. The molecule has 6 nitrogen and oxygen atoms in total. The van der Waals surface area contributed by atoms with E-state index < -0.39 is 0 Å². The van der Waals surface area contributed by atoms with Crippen LogP contribution in [0, 0.1) is 6.92 Å². The average Bonchev–Trinajstić information content (AvgIpc) is 2.99. The molecule has 234 valence electrons. The number of nitrogens with zero attached hydrogens (tertiary/aromatic N) is 4. The smallest absolute Gasteiger partial charge is 0.128 e. The number of piperidine rings is 2. The van der Waals surface area contributed by atoms with Gasteiger partial charge >= 0.3 is 0 Å². The number of aliphatic imine (C=N–C) groups is 2. The van der Waals surface area contributed by atoms with Crippen LogP contribution in [-0.2, 0) is 18.5 Å². The third-order valence-electron chi connectivity index (χ3n) is 9.64. The minimum atomic E-state index is -0.0206. The lowest BCUT2D eigenvalue weighted by Crippen LogP contribution is -2.29. The van der Waals surface area contributed by atoms with E-state index in [4.69, 9.17) is 9.98 Å². The SMILES string of the molecule is Cc1cc(C=N[C@H]2CCCC[C@@H]2N=Cc2cc(C(C)(C)C)cc(CN3CCCCC3)c2O)c(O)c(CN2CCCCC2)c1. The standard InChI is InChI=1S/C37H54N4O2/c1-27-19-28(35(42)30(20-27)25-40-15-9-5-10-16-40)23-38-33-13-7-8-14-34(33)39-24-29-21-32(37(2,3)4)22-31(36(29)43)26-41-17-11-6-12-18-41/h19-24,33-34,42-43H,5-18,25-26H2,1-4H3/t33-,34-/m0/s1. The summed E-state index contributed by atoms with van der Waals surface area (Å²) in [5, 5.41) is 22.6. The molecule has 6 heteroatoms. The largest absolute Gasteiger partial charge is 0.507 e. The summed E-state index contributed by atoms with van der Waals surface area (Å²) in [4.78, 5) is 15.0. The highest BCUT2D eigenvalue weighted by Crippen LogP contribution is 2.33. The van der Waals surface area contributed by atoms with Gasteiger partial charge in [-0.25, -0.2) is 0 Å². The van der Waals surface area contributed by atoms with Crippen LogP contribution < -0.4 is 0 Å². The van der Waals surface area contributed by atoms with Crippen LogP contribution in [0.3, 0.4) is 0 Å². The van der Waals surface area contributed by atoms with Crippen molar-refractivity contribution < 1.29 is 10.2 Å². The highest BCUT2D eigenvalue weighted by Gasteiger charge is 2.25. The van der Waals surface area contributed by atoms with Crippen molar-refractivity contribution >= 4 is 12.4 Å². The summed E-state index contributed by atoms with van der Waals surface area (Å²) < 4.78 is 0. The first kappa shape index (κ1) is 31.7. The van der Waals surface area contributed by atoms with Gasteiger partial charge in [0.1, 0.15) is 11.5 Å². The van der Waals surface area contributed by atoms with Gasteiger partial charge in [-0.05, 0) is 100 Å². The van der Waals surface area contributed by atoms with Gasteiger partial charge in [-0.3, -0.25) is 19.8 Å². The number of likely N-dealkylation sites (tertiary alicyclic amines) is 2. The Hall–Kier alpha value is -2.70. The number of hydrogen-bond acceptors (Lipinski definition) is 6. The predicted molar refractivity (Wildman–Crippen MR) is 179 cm³/mol. The number of hydrogen-bond donors (Lipinski definition) is 2. The fourth-order valence-electron chi connectivity index (χ4n) is 6.98. The van der Waals surface area contributed by atoms with Crippen molar-refractivity contribution in [2.45, 2.75) is 122 Å². The predicted octanol–water partition coefficient (Wildman–Crippen LogP) is 7.52. The highest BCUT2D eigenvalue weighted by molar-refractivity contribution is 5.86. The molecule has 0 amide bonds. The molecule has 2 atom stereocenters. The van der Waals surface area contributed by atoms with Crippen LogP contribution in [0.4, 0.5) is 0 Å². The van der Waals surface area contributed by atoms with E-state index in [0.29, 0.717) is 11.5 Å². The van der Waals surface area contributed by atoms with E-state index in [1.54, 1.807) is 0 Å². The molecule has 0 spiro atoms. The van der Waals surface area contributed by atoms with Crippen molar-refractivity contribution in [1.82, 2.24) is 9.80 Å². The molecule has 2 saturated heterocycles. The van der Waals surface area contributed by atoms with Crippen LogP contribution in [-0.4, -0.2) is 70.7 Å². The Kier molecular flexibility index (Phi) is 10.6. The highest BCUT2D eigenvalue weighted by atomic mass is 16.3. The third kappa shape index (κ3) is 8.48. The van der Waals surface area contributed by atoms with E-state index in [1.807, 2.05) is 18.5 Å². The van der Waals surface area contributed by atoms with Crippen molar-refractivity contribution in [3.05, 3.63) is 57.6 Å². The quantitative estimate of drug-likeness (QED) is 0.314. The Morgan fingerprint density at radius 2 is 1.14 bits per heavy atom. The summed E-state index contributed by atoms with van der Waals surface area (Å²) in [6.45, 7) is 14.8. The minimum Gasteiger partial charge on any atom is -0.507 e. The monoisotopic (exact) mass is 586 g/mol. The van der Waals surface area contributed by atoms with Crippen LogP contribution in [0.5, 0.6) is 11.5 Å².